The second-order valence-corrected chi connectivity index (χ2v) is 6.42. The molecule has 0 amide bonds. The molecule has 0 aliphatic rings. The standard InChI is InChI=1S/C13H11N2S3/c1-10(17-12-4-2-3-7-15-12)13(16)18-11-5-8-14-9-6-11/h2-10H,1H2. The Hall–Kier alpha value is -0.910. The Kier molecular flexibility index (Phi) is 5.16. The summed E-state index contributed by atoms with van der Waals surface area (Å²) < 4.78 is 0.844. The van der Waals surface area contributed by atoms with Crippen LogP contribution in [-0.2, 0) is 0 Å². The lowest BCUT2D eigenvalue weighted by Gasteiger charge is -2.11. The molecule has 0 aromatic carbocycles. The lowest BCUT2D eigenvalue weighted by molar-refractivity contribution is 1.13. The van der Waals surface area contributed by atoms with E-state index in [9.17, 15) is 0 Å². The van der Waals surface area contributed by atoms with Crippen molar-refractivity contribution in [1.29, 1.82) is 0 Å². The maximum atomic E-state index is 5.39. The maximum Gasteiger partial charge on any atom is 0.0966 e. The summed E-state index contributed by atoms with van der Waals surface area (Å²) in [4.78, 5) is 9.32. The van der Waals surface area contributed by atoms with Gasteiger partial charge in [0.1, 0.15) is 0 Å². The minimum absolute atomic E-state index is 0.00642. The van der Waals surface area contributed by atoms with Crippen molar-refractivity contribution in [3.63, 3.8) is 0 Å². The minimum atomic E-state index is -0.00642. The van der Waals surface area contributed by atoms with Crippen molar-refractivity contribution in [1.82, 2.24) is 9.97 Å². The Morgan fingerprint density at radius 1 is 1.17 bits per heavy atom. The normalized spacial score (nSPS) is 12.1. The molecule has 0 saturated heterocycles. The first-order valence-corrected chi connectivity index (χ1v) is 7.38. The average molecular weight is 291 g/mol. The fourth-order valence-corrected chi connectivity index (χ4v) is 3.21. The first-order valence-electron chi connectivity index (χ1n) is 5.28. The van der Waals surface area contributed by atoms with Crippen LogP contribution in [-0.4, -0.2) is 19.4 Å². The van der Waals surface area contributed by atoms with E-state index in [1.807, 2.05) is 30.3 Å². The summed E-state index contributed by atoms with van der Waals surface area (Å²) >= 11 is 8.51. The summed E-state index contributed by atoms with van der Waals surface area (Å²) in [6, 6.07) is 9.69. The molecule has 5 heteroatoms. The van der Waals surface area contributed by atoms with Crippen LogP contribution in [0.5, 0.6) is 0 Å². The lowest BCUT2D eigenvalue weighted by Crippen LogP contribution is -2.07. The molecule has 1 unspecified atom stereocenters. The van der Waals surface area contributed by atoms with Gasteiger partial charge in [0.05, 0.1) is 14.5 Å². The summed E-state index contributed by atoms with van der Waals surface area (Å²) in [5, 5.41) is 0.934. The van der Waals surface area contributed by atoms with Crippen LogP contribution in [0.3, 0.4) is 0 Å². The highest BCUT2D eigenvalue weighted by Crippen LogP contribution is 2.29. The van der Waals surface area contributed by atoms with Crippen molar-refractivity contribution in [2.75, 3.05) is 0 Å². The predicted octanol–water partition coefficient (Wildman–Crippen LogP) is 3.89. The van der Waals surface area contributed by atoms with Crippen LogP contribution in [0, 0.1) is 6.92 Å². The zero-order valence-electron chi connectivity index (χ0n) is 9.52. The molecule has 18 heavy (non-hydrogen) atoms. The van der Waals surface area contributed by atoms with Gasteiger partial charge >= 0.3 is 0 Å². The Morgan fingerprint density at radius 2 is 1.94 bits per heavy atom. The fraction of sp³-hybridized carbons (Fsp3) is 0.0769. The van der Waals surface area contributed by atoms with Gasteiger partial charge in [0.2, 0.25) is 0 Å². The van der Waals surface area contributed by atoms with E-state index in [4.69, 9.17) is 12.2 Å². The third-order valence-corrected chi connectivity index (χ3v) is 4.86. The number of thioether (sulfide) groups is 2. The van der Waals surface area contributed by atoms with E-state index in [2.05, 4.69) is 16.9 Å². The first kappa shape index (κ1) is 13.5. The van der Waals surface area contributed by atoms with E-state index >= 15 is 0 Å². The van der Waals surface area contributed by atoms with Crippen LogP contribution < -0.4 is 0 Å². The Morgan fingerprint density at radius 3 is 2.61 bits per heavy atom. The molecule has 91 valence electrons. The van der Waals surface area contributed by atoms with Gasteiger partial charge in [0.15, 0.2) is 0 Å². The van der Waals surface area contributed by atoms with Gasteiger partial charge in [-0.1, -0.05) is 41.8 Å². The molecular weight excluding hydrogens is 280 g/mol. The highest BCUT2D eigenvalue weighted by molar-refractivity contribution is 8.25. The number of hydrogen-bond acceptors (Lipinski definition) is 5. The molecule has 0 fully saturated rings. The third kappa shape index (κ3) is 4.08. The van der Waals surface area contributed by atoms with Gasteiger partial charge in [-0.2, -0.15) is 0 Å². The summed E-state index contributed by atoms with van der Waals surface area (Å²) in [5.41, 5.74) is 0. The van der Waals surface area contributed by atoms with E-state index < -0.39 is 0 Å². The topological polar surface area (TPSA) is 25.8 Å². The molecule has 0 spiro atoms. The van der Waals surface area contributed by atoms with Gasteiger partial charge in [0, 0.05) is 23.5 Å². The van der Waals surface area contributed by atoms with Gasteiger partial charge in [-0.05, 0) is 31.2 Å². The van der Waals surface area contributed by atoms with Crippen LogP contribution in [0.4, 0.5) is 0 Å². The minimum Gasteiger partial charge on any atom is -0.265 e. The summed E-state index contributed by atoms with van der Waals surface area (Å²) in [7, 11) is 0. The Balaban J connectivity index is 1.93. The van der Waals surface area contributed by atoms with E-state index in [0.29, 0.717) is 0 Å². The van der Waals surface area contributed by atoms with Crippen LogP contribution >= 0.6 is 35.7 Å². The van der Waals surface area contributed by atoms with Crippen molar-refractivity contribution in [3.8, 4) is 0 Å². The highest BCUT2D eigenvalue weighted by atomic mass is 32.2. The summed E-state index contributed by atoms with van der Waals surface area (Å²) in [6.45, 7) is 4.07. The second kappa shape index (κ2) is 6.87. The Bertz CT molecular complexity index is 502. The molecule has 0 N–H and O–H groups in total. The summed E-state index contributed by atoms with van der Waals surface area (Å²) in [5.74, 6) is 0. The quantitative estimate of drug-likeness (QED) is 0.629. The van der Waals surface area contributed by atoms with Gasteiger partial charge in [0.25, 0.3) is 0 Å². The van der Waals surface area contributed by atoms with Gasteiger partial charge < -0.3 is 0 Å². The van der Waals surface area contributed by atoms with Crippen molar-refractivity contribution in [2.24, 2.45) is 0 Å². The third-order valence-electron chi connectivity index (χ3n) is 2.03. The number of thiocarbonyl (C=S) groups is 1. The molecule has 2 aromatic heterocycles. The van der Waals surface area contributed by atoms with E-state index in [1.54, 1.807) is 42.1 Å². The number of hydrogen-bond donors (Lipinski definition) is 0. The molecule has 0 bridgehead atoms. The number of aromatic nitrogens is 2. The van der Waals surface area contributed by atoms with Crippen molar-refractivity contribution < 1.29 is 0 Å². The van der Waals surface area contributed by atoms with Gasteiger partial charge in [-0.15, -0.1) is 0 Å². The zero-order valence-corrected chi connectivity index (χ0v) is 12.0. The van der Waals surface area contributed by atoms with Crippen molar-refractivity contribution in [2.45, 2.75) is 15.2 Å². The average Bonchev–Trinajstić information content (AvgIpc) is 2.41. The number of nitrogens with zero attached hydrogens (tertiary/aromatic N) is 2. The largest absolute Gasteiger partial charge is 0.265 e. The number of pyridine rings is 2. The summed E-state index contributed by atoms with van der Waals surface area (Å²) in [6.07, 6.45) is 5.29. The lowest BCUT2D eigenvalue weighted by atomic mass is 10.5. The molecule has 2 rings (SSSR count). The molecule has 2 nitrogen and oxygen atoms in total. The van der Waals surface area contributed by atoms with Crippen LogP contribution in [0.15, 0.2) is 58.8 Å². The van der Waals surface area contributed by atoms with Crippen molar-refractivity contribution >= 4 is 39.9 Å². The van der Waals surface area contributed by atoms with E-state index in [-0.39, 0.29) is 5.25 Å². The molecular formula is C13H11N2S3. The molecule has 0 aliphatic carbocycles. The molecule has 0 aliphatic heterocycles. The molecule has 1 radical (unpaired) electrons. The van der Waals surface area contributed by atoms with Crippen LogP contribution in [0.2, 0.25) is 0 Å². The first-order chi connectivity index (χ1) is 8.75. The van der Waals surface area contributed by atoms with Gasteiger partial charge in [-0.25, -0.2) is 4.98 Å². The van der Waals surface area contributed by atoms with Crippen LogP contribution in [0.1, 0.15) is 0 Å². The zero-order chi connectivity index (χ0) is 12.8. The highest BCUT2D eigenvalue weighted by Gasteiger charge is 2.12. The molecule has 2 heterocycles. The van der Waals surface area contributed by atoms with E-state index in [1.165, 1.54) is 0 Å². The number of rotatable bonds is 4. The maximum absolute atomic E-state index is 5.39. The monoisotopic (exact) mass is 291 g/mol. The predicted molar refractivity (Wildman–Crippen MR) is 81.9 cm³/mol. The fourth-order valence-electron chi connectivity index (χ4n) is 1.20. The van der Waals surface area contributed by atoms with E-state index in [0.717, 1.165) is 14.1 Å². The molecule has 0 saturated carbocycles. The van der Waals surface area contributed by atoms with Crippen molar-refractivity contribution in [3.05, 3.63) is 55.8 Å². The van der Waals surface area contributed by atoms with Gasteiger partial charge in [-0.3, -0.25) is 4.98 Å². The van der Waals surface area contributed by atoms with Crippen LogP contribution in [0.25, 0.3) is 0 Å². The molecule has 2 aromatic rings. The second-order valence-electron chi connectivity index (χ2n) is 3.38. The smallest absolute Gasteiger partial charge is 0.0966 e. The SMILES string of the molecule is [CH2]C(Sc1ccccn1)C(=S)Sc1ccncc1. The Labute approximate surface area is 121 Å². The molecule has 1 atom stereocenters.